The van der Waals surface area contributed by atoms with Crippen molar-refractivity contribution in [2.24, 2.45) is 0 Å². The van der Waals surface area contributed by atoms with Gasteiger partial charge in [-0.1, -0.05) is 0 Å². The van der Waals surface area contributed by atoms with E-state index in [1.54, 1.807) is 6.92 Å². The number of urea groups is 1. The smallest absolute Gasteiger partial charge is 0.325 e. The van der Waals surface area contributed by atoms with Gasteiger partial charge in [-0.3, -0.25) is 4.79 Å². The molecule has 0 bridgehead atoms. The maximum atomic E-state index is 10.8. The van der Waals surface area contributed by atoms with Gasteiger partial charge in [0.05, 0.1) is 6.61 Å². The van der Waals surface area contributed by atoms with Crippen LogP contribution in [0.2, 0.25) is 0 Å². The zero-order valence-electron chi connectivity index (χ0n) is 7.75. The Kier molecular flexibility index (Phi) is 6.62. The maximum Gasteiger partial charge on any atom is 0.325 e. The normalized spacial score (nSPS) is 9.08. The summed E-state index contributed by atoms with van der Waals surface area (Å²) in [6, 6.07) is -0.463. The summed E-state index contributed by atoms with van der Waals surface area (Å²) in [5, 5.41) is 4.65. The molecule has 0 saturated carbocycles. The van der Waals surface area contributed by atoms with Crippen LogP contribution in [0.5, 0.6) is 0 Å². The molecule has 2 N–H and O–H groups in total. The maximum absolute atomic E-state index is 10.8. The molecule has 6 nitrogen and oxygen atoms in total. The van der Waals surface area contributed by atoms with Crippen LogP contribution in [0.4, 0.5) is 4.79 Å². The van der Waals surface area contributed by atoms with Crippen LogP contribution in [-0.2, 0) is 14.3 Å². The van der Waals surface area contributed by atoms with Crippen molar-refractivity contribution in [1.29, 1.82) is 0 Å². The standard InChI is InChI=1S/C7H14N2O4/c1-3-13-6(10)4-8-7(11)9-5-12-2/h3-5H2,1-2H3,(H2,8,9,11). The average molecular weight is 190 g/mol. The summed E-state index contributed by atoms with van der Waals surface area (Å²) in [6.45, 7) is 1.97. The van der Waals surface area contributed by atoms with E-state index in [0.717, 1.165) is 0 Å². The van der Waals surface area contributed by atoms with E-state index < -0.39 is 12.0 Å². The average Bonchev–Trinajstić information content (AvgIpc) is 2.12. The van der Waals surface area contributed by atoms with Crippen LogP contribution >= 0.6 is 0 Å². The first-order valence-electron chi connectivity index (χ1n) is 3.87. The molecule has 0 spiro atoms. The lowest BCUT2D eigenvalue weighted by Crippen LogP contribution is -2.39. The van der Waals surface area contributed by atoms with Gasteiger partial charge < -0.3 is 20.1 Å². The highest BCUT2D eigenvalue weighted by atomic mass is 16.5. The Morgan fingerprint density at radius 3 is 2.54 bits per heavy atom. The molecule has 6 heteroatoms. The van der Waals surface area contributed by atoms with Crippen molar-refractivity contribution in [2.45, 2.75) is 6.92 Å². The Morgan fingerprint density at radius 1 is 1.31 bits per heavy atom. The van der Waals surface area contributed by atoms with Crippen LogP contribution in [0.1, 0.15) is 6.92 Å². The molecular weight excluding hydrogens is 176 g/mol. The van der Waals surface area contributed by atoms with E-state index in [-0.39, 0.29) is 13.3 Å². The Bertz CT molecular complexity index is 172. The highest BCUT2D eigenvalue weighted by Crippen LogP contribution is 1.75. The van der Waals surface area contributed by atoms with E-state index in [4.69, 9.17) is 0 Å². The molecule has 76 valence electrons. The number of carbonyl (C=O) groups excluding carboxylic acids is 2. The molecule has 0 heterocycles. The number of rotatable bonds is 5. The van der Waals surface area contributed by atoms with Crippen LogP contribution in [-0.4, -0.2) is 39.0 Å². The van der Waals surface area contributed by atoms with E-state index in [2.05, 4.69) is 20.1 Å². The van der Waals surface area contributed by atoms with Gasteiger partial charge in [-0.25, -0.2) is 4.79 Å². The van der Waals surface area contributed by atoms with Crippen LogP contribution < -0.4 is 10.6 Å². The number of amides is 2. The zero-order valence-corrected chi connectivity index (χ0v) is 7.75. The van der Waals surface area contributed by atoms with Crippen LogP contribution in [0.15, 0.2) is 0 Å². The third kappa shape index (κ3) is 7.07. The molecule has 0 aromatic carbocycles. The van der Waals surface area contributed by atoms with Gasteiger partial charge in [0.15, 0.2) is 0 Å². The topological polar surface area (TPSA) is 76.7 Å². The highest BCUT2D eigenvalue weighted by molar-refractivity contribution is 5.80. The van der Waals surface area contributed by atoms with Gasteiger partial charge in [-0.05, 0) is 6.92 Å². The van der Waals surface area contributed by atoms with Crippen LogP contribution in [0.25, 0.3) is 0 Å². The molecule has 0 atom stereocenters. The molecular formula is C7H14N2O4. The number of hydrogen-bond donors (Lipinski definition) is 2. The Balaban J connectivity index is 3.40. The molecule has 0 aliphatic carbocycles. The van der Waals surface area contributed by atoms with Gasteiger partial charge in [0.2, 0.25) is 0 Å². The molecule has 0 saturated heterocycles. The lowest BCUT2D eigenvalue weighted by molar-refractivity contribution is -0.141. The van der Waals surface area contributed by atoms with Gasteiger partial charge >= 0.3 is 12.0 Å². The Morgan fingerprint density at radius 2 is 2.00 bits per heavy atom. The number of esters is 1. The van der Waals surface area contributed by atoms with E-state index in [1.807, 2.05) is 0 Å². The van der Waals surface area contributed by atoms with Crippen molar-refractivity contribution in [3.8, 4) is 0 Å². The molecule has 0 rings (SSSR count). The molecule has 0 fully saturated rings. The molecule has 13 heavy (non-hydrogen) atoms. The molecule has 0 unspecified atom stereocenters. The SMILES string of the molecule is CCOC(=O)CNC(=O)NCOC. The molecule has 0 aliphatic heterocycles. The second-order valence-corrected chi connectivity index (χ2v) is 2.10. The van der Waals surface area contributed by atoms with Gasteiger partial charge in [-0.15, -0.1) is 0 Å². The summed E-state index contributed by atoms with van der Waals surface area (Å²) in [4.78, 5) is 21.5. The first-order valence-corrected chi connectivity index (χ1v) is 3.87. The number of hydrogen-bond acceptors (Lipinski definition) is 4. The van der Waals surface area contributed by atoms with Crippen molar-refractivity contribution in [3.05, 3.63) is 0 Å². The Labute approximate surface area is 76.6 Å². The van der Waals surface area contributed by atoms with E-state index >= 15 is 0 Å². The van der Waals surface area contributed by atoms with Gasteiger partial charge in [0.25, 0.3) is 0 Å². The van der Waals surface area contributed by atoms with Gasteiger partial charge in [0.1, 0.15) is 13.3 Å². The number of carbonyl (C=O) groups is 2. The second-order valence-electron chi connectivity index (χ2n) is 2.10. The van der Waals surface area contributed by atoms with E-state index in [0.29, 0.717) is 6.61 Å². The lowest BCUT2D eigenvalue weighted by Gasteiger charge is -2.05. The van der Waals surface area contributed by atoms with Gasteiger partial charge in [0, 0.05) is 7.11 Å². The van der Waals surface area contributed by atoms with Crippen LogP contribution in [0.3, 0.4) is 0 Å². The number of ether oxygens (including phenoxy) is 2. The monoisotopic (exact) mass is 190 g/mol. The fourth-order valence-electron chi connectivity index (χ4n) is 0.565. The summed E-state index contributed by atoms with van der Waals surface area (Å²) in [6.07, 6.45) is 0. The van der Waals surface area contributed by atoms with Crippen molar-refractivity contribution >= 4 is 12.0 Å². The summed E-state index contributed by atoms with van der Waals surface area (Å²) in [7, 11) is 1.45. The van der Waals surface area contributed by atoms with Crippen LogP contribution in [0, 0.1) is 0 Å². The minimum absolute atomic E-state index is 0.106. The third-order valence-electron chi connectivity index (χ3n) is 1.08. The fraction of sp³-hybridized carbons (Fsp3) is 0.714. The Hall–Kier alpha value is -1.30. The minimum Gasteiger partial charge on any atom is -0.465 e. The van der Waals surface area contributed by atoms with E-state index in [1.165, 1.54) is 7.11 Å². The third-order valence-corrected chi connectivity index (χ3v) is 1.08. The first kappa shape index (κ1) is 11.7. The van der Waals surface area contributed by atoms with Gasteiger partial charge in [-0.2, -0.15) is 0 Å². The summed E-state index contributed by atoms with van der Waals surface area (Å²) in [5.74, 6) is -0.463. The summed E-state index contributed by atoms with van der Waals surface area (Å²) < 4.78 is 9.16. The lowest BCUT2D eigenvalue weighted by atomic mass is 10.6. The molecule has 0 aliphatic rings. The van der Waals surface area contributed by atoms with E-state index in [9.17, 15) is 9.59 Å². The van der Waals surface area contributed by atoms with Crippen molar-refractivity contribution in [2.75, 3.05) is 27.0 Å². The predicted octanol–water partition coefficient (Wildman–Crippen LogP) is -0.547. The summed E-state index contributed by atoms with van der Waals surface area (Å²) in [5.41, 5.74) is 0. The number of nitrogens with one attached hydrogen (secondary N) is 2. The molecule has 0 aromatic heterocycles. The molecule has 0 aromatic rings. The quantitative estimate of drug-likeness (QED) is 0.450. The largest absolute Gasteiger partial charge is 0.465 e. The van der Waals surface area contributed by atoms with Crippen molar-refractivity contribution < 1.29 is 19.1 Å². The fourth-order valence-corrected chi connectivity index (χ4v) is 0.565. The second kappa shape index (κ2) is 7.35. The van der Waals surface area contributed by atoms with Crippen molar-refractivity contribution in [3.63, 3.8) is 0 Å². The molecule has 2 amide bonds. The number of methoxy groups -OCH3 is 1. The minimum atomic E-state index is -0.463. The summed E-state index contributed by atoms with van der Waals surface area (Å²) >= 11 is 0. The zero-order chi connectivity index (χ0) is 10.1. The predicted molar refractivity (Wildman–Crippen MR) is 45.0 cm³/mol. The molecule has 0 radical (unpaired) electrons. The highest BCUT2D eigenvalue weighted by Gasteiger charge is 2.03. The first-order chi connectivity index (χ1) is 6.20. The van der Waals surface area contributed by atoms with Crippen molar-refractivity contribution in [1.82, 2.24) is 10.6 Å².